The number of aliphatic hydroxyl groups excluding tert-OH is 5. The summed E-state index contributed by atoms with van der Waals surface area (Å²) in [6.45, 7) is 5.67. The van der Waals surface area contributed by atoms with Crippen LogP contribution in [0.5, 0.6) is 0 Å². The van der Waals surface area contributed by atoms with Crippen molar-refractivity contribution in [2.75, 3.05) is 13.2 Å². The molecule has 11 nitrogen and oxygen atoms in total. The number of amides is 1. The maximum absolute atomic E-state index is 13.5. The molecule has 0 aliphatic carbocycles. The molecule has 87 heavy (non-hydrogen) atoms. The second-order valence-corrected chi connectivity index (χ2v) is 24.2. The molecular formula is C76H131NO10. The minimum absolute atomic E-state index is 0.108. The van der Waals surface area contributed by atoms with Gasteiger partial charge in [-0.25, -0.2) is 0 Å². The van der Waals surface area contributed by atoms with Crippen LogP contribution in [-0.4, -0.2) is 99.6 Å². The number of hydrogen-bond acceptors (Lipinski definition) is 10. The van der Waals surface area contributed by atoms with Crippen molar-refractivity contribution in [3.63, 3.8) is 0 Å². The first kappa shape index (κ1) is 81.3. The number of carbonyl (C=O) groups excluding carboxylic acids is 2. The van der Waals surface area contributed by atoms with Crippen molar-refractivity contribution in [3.05, 3.63) is 109 Å². The Labute approximate surface area is 532 Å². The maximum atomic E-state index is 13.5. The van der Waals surface area contributed by atoms with E-state index in [-0.39, 0.29) is 19.4 Å². The Morgan fingerprint density at radius 1 is 0.460 bits per heavy atom. The van der Waals surface area contributed by atoms with E-state index in [0.717, 1.165) is 122 Å². The van der Waals surface area contributed by atoms with Crippen LogP contribution in [0.25, 0.3) is 0 Å². The average molecular weight is 1220 g/mol. The molecule has 500 valence electrons. The fourth-order valence-corrected chi connectivity index (χ4v) is 10.6. The van der Waals surface area contributed by atoms with Gasteiger partial charge in [-0.05, 0) is 109 Å². The lowest BCUT2D eigenvalue weighted by Gasteiger charge is -2.41. The lowest BCUT2D eigenvalue weighted by atomic mass is 9.99. The Morgan fingerprint density at radius 2 is 0.828 bits per heavy atom. The highest BCUT2D eigenvalue weighted by molar-refractivity contribution is 5.80. The molecule has 1 aliphatic rings. The summed E-state index contributed by atoms with van der Waals surface area (Å²) in [6, 6.07) is -1.03. The number of allylic oxidation sites excluding steroid dienone is 17. The van der Waals surface area contributed by atoms with Gasteiger partial charge in [-0.15, -0.1) is 0 Å². The first-order valence-electron chi connectivity index (χ1n) is 35.7. The lowest BCUT2D eigenvalue weighted by Crippen LogP contribution is -2.61. The van der Waals surface area contributed by atoms with E-state index in [1.54, 1.807) is 6.08 Å². The third-order valence-electron chi connectivity index (χ3n) is 16.2. The number of nitrogens with one attached hydrogen (secondary N) is 1. The Bertz CT molecular complexity index is 1830. The zero-order chi connectivity index (χ0) is 63.1. The van der Waals surface area contributed by atoms with Crippen LogP contribution in [0.3, 0.4) is 0 Å². The molecule has 1 saturated heterocycles. The number of unbranched alkanes of at least 4 members (excludes halogenated alkanes) is 30. The molecule has 0 bridgehead atoms. The summed E-state index contributed by atoms with van der Waals surface area (Å²) >= 11 is 0. The maximum Gasteiger partial charge on any atom is 0.306 e. The quantitative estimate of drug-likeness (QED) is 0.0195. The van der Waals surface area contributed by atoms with Crippen LogP contribution < -0.4 is 5.32 Å². The Morgan fingerprint density at radius 3 is 1.26 bits per heavy atom. The van der Waals surface area contributed by atoms with Gasteiger partial charge in [0.05, 0.1) is 25.4 Å². The SMILES string of the molecule is CC/C=C\C/C=C\C/C=C\C/C=C\C/C=C\C/C=C\CCCCCCCCCCC(=O)OC1C(OCC(NC(=O)C(O)CCCCCCCCCC/C=C\C/C=C\CCCCC)C(O)/C=C/CCCCCCCCCCCCC)OC(CO)C(O)C1O. The van der Waals surface area contributed by atoms with Crippen LogP contribution in [0, 0.1) is 0 Å². The van der Waals surface area contributed by atoms with Crippen LogP contribution in [0.4, 0.5) is 0 Å². The molecule has 0 radical (unpaired) electrons. The van der Waals surface area contributed by atoms with E-state index in [2.05, 4.69) is 123 Å². The highest BCUT2D eigenvalue weighted by Gasteiger charge is 2.47. The molecule has 1 fully saturated rings. The predicted octanol–water partition coefficient (Wildman–Crippen LogP) is 18.4. The number of carbonyl (C=O) groups is 2. The van der Waals surface area contributed by atoms with Gasteiger partial charge in [-0.3, -0.25) is 9.59 Å². The molecule has 11 heteroatoms. The van der Waals surface area contributed by atoms with Crippen molar-refractivity contribution in [3.8, 4) is 0 Å². The minimum atomic E-state index is -1.63. The zero-order valence-electron chi connectivity index (χ0n) is 55.6. The van der Waals surface area contributed by atoms with Crippen LogP contribution in [0.2, 0.25) is 0 Å². The molecule has 0 spiro atoms. The van der Waals surface area contributed by atoms with E-state index >= 15 is 0 Å². The second kappa shape index (κ2) is 62.5. The second-order valence-electron chi connectivity index (χ2n) is 24.2. The van der Waals surface area contributed by atoms with Crippen LogP contribution in [0.1, 0.15) is 297 Å². The van der Waals surface area contributed by atoms with Gasteiger partial charge in [0.25, 0.3) is 0 Å². The van der Waals surface area contributed by atoms with E-state index < -0.39 is 67.4 Å². The summed E-state index contributed by atoms with van der Waals surface area (Å²) in [4.78, 5) is 26.7. The first-order chi connectivity index (χ1) is 42.7. The minimum Gasteiger partial charge on any atom is -0.454 e. The molecule has 6 N–H and O–H groups in total. The fourth-order valence-electron chi connectivity index (χ4n) is 10.6. The standard InChI is InChI=1S/C76H131NO10/c1-4-7-10-13-16-19-22-25-27-29-31-32-33-34-35-36-37-38-39-41-43-46-49-52-55-58-61-64-71(81)87-74-73(83)72(82)70(65-78)86-76(74)85-66-67(68(79)62-59-56-53-50-47-44-24-21-18-15-12-9-6-3)77-75(84)69(80)63-60-57-54-51-48-45-42-40-30-28-26-23-20-17-14-11-8-5-2/h7,10,16-17,19-20,25-28,31-32,34-35,37-38,59,62,67-70,72-74,76,78-80,82-83H,4-6,8-9,11-15,18,21-24,29-30,33,36,39-58,60-61,63-66H2,1-3H3,(H,77,84)/b10-7-,19-16-,20-17-,27-25-,28-26-,32-31-,35-34-,38-37-,62-59+. The van der Waals surface area contributed by atoms with Gasteiger partial charge >= 0.3 is 5.97 Å². The van der Waals surface area contributed by atoms with Gasteiger partial charge in [0.15, 0.2) is 12.4 Å². The zero-order valence-corrected chi connectivity index (χ0v) is 55.6. The van der Waals surface area contributed by atoms with E-state index in [0.29, 0.717) is 12.8 Å². The molecule has 1 aliphatic heterocycles. The molecule has 8 atom stereocenters. The highest BCUT2D eigenvalue weighted by atomic mass is 16.7. The lowest BCUT2D eigenvalue weighted by molar-refractivity contribution is -0.305. The average Bonchev–Trinajstić information content (AvgIpc) is 2.51. The number of ether oxygens (including phenoxy) is 3. The third kappa shape index (κ3) is 49.7. The Hall–Kier alpha value is -3.68. The van der Waals surface area contributed by atoms with Crippen molar-refractivity contribution in [1.29, 1.82) is 0 Å². The highest BCUT2D eigenvalue weighted by Crippen LogP contribution is 2.26. The summed E-state index contributed by atoms with van der Waals surface area (Å²) in [6.07, 6.45) is 75.4. The number of aliphatic hydroxyl groups is 5. The van der Waals surface area contributed by atoms with Gasteiger partial charge in [-0.1, -0.05) is 291 Å². The smallest absolute Gasteiger partial charge is 0.306 e. The summed E-state index contributed by atoms with van der Waals surface area (Å²) in [7, 11) is 0. The molecule has 0 aromatic heterocycles. The fraction of sp³-hybridized carbons (Fsp3) is 0.737. The Kier molecular flexibility index (Phi) is 58.4. The summed E-state index contributed by atoms with van der Waals surface area (Å²) in [5.41, 5.74) is 0. The number of hydrogen-bond donors (Lipinski definition) is 6. The van der Waals surface area contributed by atoms with E-state index in [1.807, 2.05) is 6.08 Å². The van der Waals surface area contributed by atoms with E-state index in [9.17, 15) is 35.1 Å². The molecular weight excluding hydrogens is 1090 g/mol. The van der Waals surface area contributed by atoms with Crippen LogP contribution in [-0.2, 0) is 23.8 Å². The van der Waals surface area contributed by atoms with Crippen molar-refractivity contribution >= 4 is 11.9 Å². The molecule has 0 aromatic carbocycles. The largest absolute Gasteiger partial charge is 0.454 e. The Balaban J connectivity index is 2.59. The summed E-state index contributed by atoms with van der Waals surface area (Å²) in [5.74, 6) is -1.21. The van der Waals surface area contributed by atoms with E-state index in [1.165, 1.54) is 128 Å². The number of rotatable bonds is 60. The molecule has 1 heterocycles. The summed E-state index contributed by atoms with van der Waals surface area (Å²) in [5, 5.41) is 57.3. The normalized spacial score (nSPS) is 18.9. The van der Waals surface area contributed by atoms with E-state index in [4.69, 9.17) is 14.2 Å². The molecule has 0 saturated carbocycles. The first-order valence-corrected chi connectivity index (χ1v) is 35.7. The predicted molar refractivity (Wildman–Crippen MR) is 365 cm³/mol. The third-order valence-corrected chi connectivity index (χ3v) is 16.2. The monoisotopic (exact) mass is 1220 g/mol. The van der Waals surface area contributed by atoms with Crippen LogP contribution >= 0.6 is 0 Å². The van der Waals surface area contributed by atoms with Gasteiger partial charge in [-0.2, -0.15) is 0 Å². The molecule has 1 rings (SSSR count). The van der Waals surface area contributed by atoms with Crippen molar-refractivity contribution in [2.24, 2.45) is 0 Å². The van der Waals surface area contributed by atoms with Gasteiger partial charge in [0, 0.05) is 6.42 Å². The van der Waals surface area contributed by atoms with Gasteiger partial charge in [0.2, 0.25) is 5.91 Å². The van der Waals surface area contributed by atoms with Crippen LogP contribution in [0.15, 0.2) is 109 Å². The van der Waals surface area contributed by atoms with Crippen molar-refractivity contribution in [1.82, 2.24) is 5.32 Å². The molecule has 0 aromatic rings. The molecule has 1 amide bonds. The topological polar surface area (TPSA) is 175 Å². The van der Waals surface area contributed by atoms with Crippen molar-refractivity contribution < 1.29 is 49.3 Å². The van der Waals surface area contributed by atoms with Crippen molar-refractivity contribution in [2.45, 2.75) is 346 Å². The number of esters is 1. The molecule has 8 unspecified atom stereocenters. The van der Waals surface area contributed by atoms with Gasteiger partial charge < -0.3 is 45.1 Å². The van der Waals surface area contributed by atoms with Gasteiger partial charge in [0.1, 0.15) is 24.4 Å². The summed E-state index contributed by atoms with van der Waals surface area (Å²) < 4.78 is 17.7.